The van der Waals surface area contributed by atoms with Gasteiger partial charge in [-0.15, -0.1) is 0 Å². The lowest BCUT2D eigenvalue weighted by Gasteiger charge is -2.05. The van der Waals surface area contributed by atoms with E-state index in [0.29, 0.717) is 11.3 Å². The molecule has 0 radical (unpaired) electrons. The van der Waals surface area contributed by atoms with Crippen molar-refractivity contribution in [3.63, 3.8) is 0 Å². The minimum absolute atomic E-state index is 0.0908. The average Bonchev–Trinajstić information content (AvgIpc) is 2.88. The molecule has 0 saturated heterocycles. The van der Waals surface area contributed by atoms with E-state index in [-0.39, 0.29) is 5.00 Å². The van der Waals surface area contributed by atoms with Gasteiger partial charge in [0, 0.05) is 20.6 Å². The van der Waals surface area contributed by atoms with Gasteiger partial charge in [0.1, 0.15) is 11.2 Å². The van der Waals surface area contributed by atoms with Gasteiger partial charge in [0.25, 0.3) is 0 Å². The Labute approximate surface area is 137 Å². The molecular formula is C13H10INO3S2. The Hall–Kier alpha value is -0.900. The van der Waals surface area contributed by atoms with Crippen molar-refractivity contribution in [2.75, 3.05) is 0 Å². The smallest absolute Gasteiger partial charge is 0.324 e. The van der Waals surface area contributed by atoms with E-state index < -0.39 is 16.1 Å². The summed E-state index contributed by atoms with van der Waals surface area (Å²) in [5, 5.41) is 13.9. The second kappa shape index (κ2) is 7.21. The van der Waals surface area contributed by atoms with E-state index in [2.05, 4.69) is 22.6 Å². The third-order valence-corrected chi connectivity index (χ3v) is 5.10. The van der Waals surface area contributed by atoms with Crippen LogP contribution >= 0.6 is 33.9 Å². The maximum absolute atomic E-state index is 11.9. The zero-order valence-electron chi connectivity index (χ0n) is 10.2. The molecule has 0 saturated carbocycles. The lowest BCUT2D eigenvalue weighted by molar-refractivity contribution is -0.380. The molecule has 1 heterocycles. The Morgan fingerprint density at radius 3 is 2.65 bits per heavy atom. The topological polar surface area (TPSA) is 66.2 Å². The van der Waals surface area contributed by atoms with E-state index in [4.69, 9.17) is 0 Å². The number of nitro groups is 1. The molecule has 0 spiro atoms. The van der Waals surface area contributed by atoms with Crippen molar-refractivity contribution < 1.29 is 9.48 Å². The molecule has 0 bridgehead atoms. The van der Waals surface area contributed by atoms with Crippen molar-refractivity contribution in [2.45, 2.75) is 5.75 Å². The van der Waals surface area contributed by atoms with Crippen molar-refractivity contribution in [3.05, 3.63) is 65.9 Å². The van der Waals surface area contributed by atoms with E-state index in [1.165, 1.54) is 6.07 Å². The summed E-state index contributed by atoms with van der Waals surface area (Å²) in [5.74, 6) is 0.444. The highest BCUT2D eigenvalue weighted by Crippen LogP contribution is 2.23. The molecule has 2 aromatic rings. The zero-order valence-corrected chi connectivity index (χ0v) is 14.0. The van der Waals surface area contributed by atoms with Gasteiger partial charge < -0.3 is 4.55 Å². The normalized spacial score (nSPS) is 12.7. The van der Waals surface area contributed by atoms with E-state index in [9.17, 15) is 14.7 Å². The molecule has 20 heavy (non-hydrogen) atoms. The van der Waals surface area contributed by atoms with Gasteiger partial charge in [0.2, 0.25) is 0 Å². The molecule has 1 aromatic heterocycles. The van der Waals surface area contributed by atoms with Crippen molar-refractivity contribution >= 4 is 56.2 Å². The molecule has 7 heteroatoms. The third-order valence-electron chi connectivity index (χ3n) is 2.42. The summed E-state index contributed by atoms with van der Waals surface area (Å²) in [6, 6.07) is 9.31. The van der Waals surface area contributed by atoms with Crippen LogP contribution in [0, 0.1) is 13.7 Å². The molecule has 104 valence electrons. The van der Waals surface area contributed by atoms with Crippen LogP contribution in [-0.2, 0) is 16.9 Å². The summed E-state index contributed by atoms with van der Waals surface area (Å²) in [6.45, 7) is 0. The van der Waals surface area contributed by atoms with Crippen LogP contribution in [0.4, 0.5) is 5.00 Å². The van der Waals surface area contributed by atoms with Crippen molar-refractivity contribution in [1.82, 2.24) is 0 Å². The van der Waals surface area contributed by atoms with Crippen LogP contribution in [0.3, 0.4) is 0 Å². The van der Waals surface area contributed by atoms with Crippen LogP contribution in [0.25, 0.3) is 6.08 Å². The lowest BCUT2D eigenvalue weighted by Crippen LogP contribution is -1.99. The van der Waals surface area contributed by atoms with Crippen molar-refractivity contribution in [2.24, 2.45) is 0 Å². The molecule has 0 fully saturated rings. The predicted molar refractivity (Wildman–Crippen MR) is 91.0 cm³/mol. The first-order valence-corrected chi connectivity index (χ1v) is 8.91. The molecule has 0 N–H and O–H groups in total. The van der Waals surface area contributed by atoms with Gasteiger partial charge >= 0.3 is 5.00 Å². The minimum atomic E-state index is -1.13. The molecular weight excluding hydrogens is 409 g/mol. The van der Waals surface area contributed by atoms with Crippen LogP contribution in [0.15, 0.2) is 41.1 Å². The molecule has 1 unspecified atom stereocenters. The number of benzene rings is 1. The highest BCUT2D eigenvalue weighted by Gasteiger charge is 2.09. The number of rotatable bonds is 5. The summed E-state index contributed by atoms with van der Waals surface area (Å²) in [5.41, 5.74) is 1.71. The fraction of sp³-hybridized carbons (Fsp3) is 0.0769. The Bertz CT molecular complexity index is 625. The fourth-order valence-electron chi connectivity index (χ4n) is 1.47. The number of thiophene rings is 1. The average molecular weight is 419 g/mol. The zero-order chi connectivity index (χ0) is 14.5. The SMILES string of the molecule is O=[N+]([O-])c1cc(/C=C/[S+]([O-])Cc2ccc(I)cc2)cs1. The quantitative estimate of drug-likeness (QED) is 0.316. The largest absolute Gasteiger partial charge is 0.612 e. The summed E-state index contributed by atoms with van der Waals surface area (Å²) < 4.78 is 13.0. The molecule has 2 rings (SSSR count). The lowest BCUT2D eigenvalue weighted by atomic mass is 10.2. The second-order valence-corrected chi connectivity index (χ2v) is 7.39. The molecule has 1 aromatic carbocycles. The fourth-order valence-corrected chi connectivity index (χ4v) is 3.45. The van der Waals surface area contributed by atoms with E-state index in [1.807, 2.05) is 24.3 Å². The number of hydrogen-bond acceptors (Lipinski definition) is 4. The molecule has 0 aliphatic rings. The van der Waals surface area contributed by atoms with E-state index in [0.717, 1.165) is 20.5 Å². The Balaban J connectivity index is 1.96. The standard InChI is InChI=1S/C13H10INO3S2/c14-12-3-1-10(2-4-12)9-20(18)6-5-11-7-13(15(16)17)19-8-11/h1-8H,9H2/b6-5+. The number of nitrogens with zero attached hydrogens (tertiary/aromatic N) is 1. The maximum Gasteiger partial charge on any atom is 0.324 e. The van der Waals surface area contributed by atoms with E-state index >= 15 is 0 Å². The van der Waals surface area contributed by atoms with E-state index in [1.54, 1.807) is 16.9 Å². The highest BCUT2D eigenvalue weighted by molar-refractivity contribution is 14.1. The third kappa shape index (κ3) is 4.58. The second-order valence-electron chi connectivity index (χ2n) is 3.93. The van der Waals surface area contributed by atoms with Gasteiger partial charge in [-0.25, -0.2) is 0 Å². The predicted octanol–water partition coefficient (Wildman–Crippen LogP) is 4.18. The summed E-state index contributed by atoms with van der Waals surface area (Å²) in [4.78, 5) is 10.1. The summed E-state index contributed by atoms with van der Waals surface area (Å²) >= 11 is 2.16. The van der Waals surface area contributed by atoms with Crippen molar-refractivity contribution in [1.29, 1.82) is 0 Å². The van der Waals surface area contributed by atoms with Crippen molar-refractivity contribution in [3.8, 4) is 0 Å². The van der Waals surface area contributed by atoms with Crippen LogP contribution < -0.4 is 0 Å². The highest BCUT2D eigenvalue weighted by atomic mass is 127. The van der Waals surface area contributed by atoms with Gasteiger partial charge in [-0.1, -0.05) is 23.5 Å². The maximum atomic E-state index is 11.9. The van der Waals surface area contributed by atoms with Gasteiger partial charge in [0.05, 0.1) is 4.92 Å². The Kier molecular flexibility index (Phi) is 5.58. The first kappa shape index (κ1) is 15.5. The summed E-state index contributed by atoms with van der Waals surface area (Å²) in [6.07, 6.45) is 1.66. The van der Waals surface area contributed by atoms with Gasteiger partial charge in [-0.2, -0.15) is 0 Å². The van der Waals surface area contributed by atoms with Gasteiger partial charge in [0.15, 0.2) is 0 Å². The van der Waals surface area contributed by atoms with Crippen LogP contribution in [0.1, 0.15) is 11.1 Å². The molecule has 4 nitrogen and oxygen atoms in total. The molecule has 1 atom stereocenters. The van der Waals surface area contributed by atoms with Crippen LogP contribution in [0.5, 0.6) is 0 Å². The molecule has 0 aliphatic heterocycles. The minimum Gasteiger partial charge on any atom is -0.612 e. The van der Waals surface area contributed by atoms with Gasteiger partial charge in [-0.05, 0) is 57.5 Å². The summed E-state index contributed by atoms with van der Waals surface area (Å²) in [7, 11) is 0. The first-order chi connectivity index (χ1) is 9.54. The first-order valence-electron chi connectivity index (χ1n) is 5.57. The number of halogens is 1. The Morgan fingerprint density at radius 2 is 2.05 bits per heavy atom. The Morgan fingerprint density at radius 1 is 1.35 bits per heavy atom. The van der Waals surface area contributed by atoms with Gasteiger partial charge in [-0.3, -0.25) is 10.1 Å². The van der Waals surface area contributed by atoms with Crippen LogP contribution in [-0.4, -0.2) is 9.48 Å². The number of hydrogen-bond donors (Lipinski definition) is 0. The molecule has 0 amide bonds. The van der Waals surface area contributed by atoms with Crippen LogP contribution in [0.2, 0.25) is 0 Å². The molecule has 0 aliphatic carbocycles. The monoisotopic (exact) mass is 419 g/mol.